The molecule has 3 aromatic carbocycles. The molecule has 1 unspecified atom stereocenters. The molecule has 0 aromatic heterocycles. The molecule has 0 aliphatic carbocycles. The largest absolute Gasteiger partial charge is 0.508 e. The molecule has 1 heterocycles. The molecular formula is C59H84F2N14O16. The molecule has 15 N–H and O–H groups in total. The normalized spacial score (nSPS) is 15.2. The van der Waals surface area contributed by atoms with Gasteiger partial charge in [-0.05, 0) is 48.9 Å². The van der Waals surface area contributed by atoms with Gasteiger partial charge in [-0.25, -0.2) is 13.6 Å². The van der Waals surface area contributed by atoms with Crippen LogP contribution in [0.2, 0.25) is 0 Å². The number of halogens is 2. The second-order valence-electron chi connectivity index (χ2n) is 21.1. The molecule has 0 spiro atoms. The number of phenols is 1. The number of carboxylic acid groups (broad SMARTS) is 3. The predicted octanol–water partition coefficient (Wildman–Crippen LogP) is -1.74. The van der Waals surface area contributed by atoms with Crippen molar-refractivity contribution in [3.63, 3.8) is 0 Å². The second kappa shape index (κ2) is 40.6. The predicted molar refractivity (Wildman–Crippen MR) is 325 cm³/mol. The first-order chi connectivity index (χ1) is 43.6. The number of aliphatic hydroxyl groups excluding tert-OH is 1. The smallest absolute Gasteiger partial charge is 0.344 e. The van der Waals surface area contributed by atoms with Gasteiger partial charge >= 0.3 is 23.9 Å². The lowest BCUT2D eigenvalue weighted by Crippen LogP contribution is -2.54. The number of aliphatic hydroxyl groups is 1. The Kier molecular flexibility index (Phi) is 33.3. The monoisotopic (exact) mass is 1280 g/mol. The van der Waals surface area contributed by atoms with Crippen molar-refractivity contribution in [2.24, 2.45) is 10.7 Å². The summed E-state index contributed by atoms with van der Waals surface area (Å²) in [5, 5.41) is 69.4. The number of carbonyl (C=O) groups is 10. The third-order valence-corrected chi connectivity index (χ3v) is 14.2. The van der Waals surface area contributed by atoms with Gasteiger partial charge in [-0.2, -0.15) is 4.99 Å². The maximum atomic E-state index is 14.7. The Balaban J connectivity index is 1.32. The van der Waals surface area contributed by atoms with E-state index < -0.39 is 108 Å². The summed E-state index contributed by atoms with van der Waals surface area (Å²) < 4.78 is 35.4. The van der Waals surface area contributed by atoms with Crippen molar-refractivity contribution in [1.29, 1.82) is 0 Å². The summed E-state index contributed by atoms with van der Waals surface area (Å²) >= 11 is 0. The van der Waals surface area contributed by atoms with Gasteiger partial charge in [0.2, 0.25) is 29.5 Å². The zero-order valence-corrected chi connectivity index (χ0v) is 50.7. The summed E-state index contributed by atoms with van der Waals surface area (Å²) in [6.45, 7) is 1.09. The maximum Gasteiger partial charge on any atom is 0.344 e. The van der Waals surface area contributed by atoms with Crippen LogP contribution < -0.4 is 53.0 Å². The Bertz CT molecular complexity index is 2860. The minimum atomic E-state index is -1.32. The zero-order valence-electron chi connectivity index (χ0n) is 50.7. The van der Waals surface area contributed by atoms with E-state index in [-0.39, 0.29) is 149 Å². The van der Waals surface area contributed by atoms with E-state index in [0.717, 1.165) is 0 Å². The topological polar surface area (TPSA) is 429 Å². The van der Waals surface area contributed by atoms with Crippen molar-refractivity contribution in [2.75, 3.05) is 118 Å². The molecule has 30 nitrogen and oxygen atoms in total. The molecule has 500 valence electrons. The fraction of sp³-hybridized carbons (Fsp3) is 0.508. The van der Waals surface area contributed by atoms with Gasteiger partial charge in [-0.1, -0.05) is 49.4 Å². The maximum absolute atomic E-state index is 14.7. The van der Waals surface area contributed by atoms with Crippen LogP contribution in [-0.2, 0) is 49.7 Å². The molecule has 0 radical (unpaired) electrons. The van der Waals surface area contributed by atoms with Gasteiger partial charge in [-0.15, -0.1) is 0 Å². The van der Waals surface area contributed by atoms with Gasteiger partial charge in [0, 0.05) is 122 Å². The summed E-state index contributed by atoms with van der Waals surface area (Å²) in [6, 6.07) is 13.3. The molecule has 4 rings (SSSR count). The van der Waals surface area contributed by atoms with E-state index in [2.05, 4.69) is 47.5 Å². The summed E-state index contributed by atoms with van der Waals surface area (Å²) in [5.41, 5.74) is 6.36. The van der Waals surface area contributed by atoms with Crippen LogP contribution in [0.3, 0.4) is 0 Å². The molecule has 7 amide bonds. The lowest BCUT2D eigenvalue weighted by atomic mass is 9.90. The number of phenolic OH excluding ortho intramolecular Hbond substituents is 1. The van der Waals surface area contributed by atoms with Crippen LogP contribution in [0.15, 0.2) is 71.7 Å². The van der Waals surface area contributed by atoms with E-state index in [4.69, 9.17) is 10.5 Å². The van der Waals surface area contributed by atoms with Crippen molar-refractivity contribution < 1.29 is 87.0 Å². The Labute approximate surface area is 524 Å². The molecule has 1 aliphatic rings. The number of rotatable bonds is 36. The standard InChI is InChI=1S/C59H84F2N14O16/c1-2-49(79)64-19-20-67-59(90)71-58(62)66-17-9-14-46(55(87)68-33-43-44(60)31-41(78)32-45(43)61)70-57(89)54(39-10-4-3-5-11-39)40-12-8-13-42(30-40)91-29-7-6-16-65-56(88)47(37-76)69-50(80)15-18-63-48(38-77)75-27-25-73(35-52(83)84)23-21-72(34-51(81)82)22-24-74(26-28-75)36-53(85)86/h3-5,8,10-13,30-32,38,46-48,54,63,76,78H,2,6-7,9,14-29,33-37H2,1H3,(H,64,79)(H,65,88)(H,68,87)(H,69,80)(H,70,89)(H,81,82)(H,83,84)(H,85,86)(H4,62,66,67,71,90)/t46-,47-,48?,54+/m1/s1. The number of ether oxygens (including phenoxy) is 1. The fourth-order valence-corrected chi connectivity index (χ4v) is 9.40. The molecule has 0 bridgehead atoms. The second-order valence-corrected chi connectivity index (χ2v) is 21.1. The number of aliphatic imine (C=N–C) groups is 1. The average molecular weight is 1280 g/mol. The molecule has 4 atom stereocenters. The minimum Gasteiger partial charge on any atom is -0.508 e. The lowest BCUT2D eigenvalue weighted by molar-refractivity contribution is -0.140. The van der Waals surface area contributed by atoms with E-state index in [1.165, 1.54) is 0 Å². The number of amides is 7. The molecule has 0 saturated carbocycles. The first-order valence-corrected chi connectivity index (χ1v) is 29.7. The summed E-state index contributed by atoms with van der Waals surface area (Å²) in [5.74, 6) is -10.0. The summed E-state index contributed by atoms with van der Waals surface area (Å²) in [4.78, 5) is 136. The number of hydrogen-bond acceptors (Lipinski definition) is 18. The Hall–Kier alpha value is -8.95. The highest BCUT2D eigenvalue weighted by molar-refractivity contribution is 5.93. The Morgan fingerprint density at radius 3 is 1.79 bits per heavy atom. The highest BCUT2D eigenvalue weighted by atomic mass is 19.1. The average Bonchev–Trinajstić information content (AvgIpc) is 1.01. The molecule has 32 heteroatoms. The lowest BCUT2D eigenvalue weighted by Gasteiger charge is -2.35. The fourth-order valence-electron chi connectivity index (χ4n) is 9.40. The van der Waals surface area contributed by atoms with Gasteiger partial charge in [-0.3, -0.25) is 63.3 Å². The third-order valence-electron chi connectivity index (χ3n) is 14.2. The molecule has 1 aliphatic heterocycles. The number of hydrogen-bond donors (Lipinski definition) is 14. The molecular weight excluding hydrogens is 1200 g/mol. The number of urea groups is 1. The van der Waals surface area contributed by atoms with Crippen LogP contribution in [0.5, 0.6) is 11.5 Å². The number of unbranched alkanes of at least 4 members (excludes halogenated alkanes) is 1. The SMILES string of the molecule is CCC(=O)NCCNC(=O)/N=C(/N)NCCC[C@@H](NC(=O)[C@@H](c1ccccc1)c1cccc(OCCCCNC(=O)[C@@H](CO)NC(=O)CCNC(C=O)N2CCN(CC(=O)O)CCN(CC(=O)O)CCN(CC(=O)O)CC2)c1)C(=O)NCc1c(F)cc(O)cc1F. The summed E-state index contributed by atoms with van der Waals surface area (Å²) in [7, 11) is 0. The van der Waals surface area contributed by atoms with Crippen molar-refractivity contribution in [2.45, 2.75) is 76.2 Å². The summed E-state index contributed by atoms with van der Waals surface area (Å²) in [6.07, 6.45) is 0.549. The Morgan fingerprint density at radius 2 is 1.21 bits per heavy atom. The van der Waals surface area contributed by atoms with Crippen LogP contribution in [0, 0.1) is 11.6 Å². The van der Waals surface area contributed by atoms with E-state index in [9.17, 15) is 82.3 Å². The van der Waals surface area contributed by atoms with Crippen LogP contribution >= 0.6 is 0 Å². The third kappa shape index (κ3) is 28.6. The van der Waals surface area contributed by atoms with Gasteiger partial charge < -0.3 is 78.0 Å². The number of guanidine groups is 1. The van der Waals surface area contributed by atoms with E-state index in [1.54, 1.807) is 81.1 Å². The van der Waals surface area contributed by atoms with Gasteiger partial charge in [0.15, 0.2) is 12.2 Å². The van der Waals surface area contributed by atoms with E-state index in [0.29, 0.717) is 48.1 Å². The van der Waals surface area contributed by atoms with Crippen LogP contribution in [0.25, 0.3) is 0 Å². The van der Waals surface area contributed by atoms with Crippen LogP contribution in [0.4, 0.5) is 13.6 Å². The first-order valence-electron chi connectivity index (χ1n) is 29.7. The number of aliphatic carboxylic acids is 3. The van der Waals surface area contributed by atoms with Crippen molar-refractivity contribution >= 4 is 65.7 Å². The first kappa shape index (κ1) is 74.5. The zero-order chi connectivity index (χ0) is 66.7. The quantitative estimate of drug-likeness (QED) is 0.0133. The number of carboxylic acids is 3. The highest BCUT2D eigenvalue weighted by Gasteiger charge is 2.30. The van der Waals surface area contributed by atoms with Gasteiger partial charge in [0.05, 0.1) is 38.8 Å². The van der Waals surface area contributed by atoms with Crippen molar-refractivity contribution in [1.82, 2.24) is 62.1 Å². The number of aldehydes is 1. The van der Waals surface area contributed by atoms with Crippen molar-refractivity contribution in [3.8, 4) is 11.5 Å². The minimum absolute atomic E-state index is 0.0475. The number of carbonyl (C=O) groups excluding carboxylic acids is 7. The molecule has 91 heavy (non-hydrogen) atoms. The molecule has 3 aromatic rings. The van der Waals surface area contributed by atoms with Gasteiger partial charge in [0.25, 0.3) is 0 Å². The number of aromatic hydroxyl groups is 1. The van der Waals surface area contributed by atoms with E-state index in [1.807, 2.05) is 0 Å². The van der Waals surface area contributed by atoms with Gasteiger partial charge in [0.1, 0.15) is 41.4 Å². The number of nitrogens with one attached hydrogen (secondary N) is 8. The molecule has 1 fully saturated rings. The Morgan fingerprint density at radius 1 is 0.637 bits per heavy atom. The molecule has 1 saturated heterocycles. The van der Waals surface area contributed by atoms with Crippen LogP contribution in [0.1, 0.15) is 68.1 Å². The number of nitrogens with two attached hydrogens (primary N) is 1. The highest BCUT2D eigenvalue weighted by Crippen LogP contribution is 2.29. The number of benzene rings is 3. The van der Waals surface area contributed by atoms with Crippen molar-refractivity contribution in [3.05, 3.63) is 95.1 Å². The number of nitrogens with zero attached hydrogens (tertiary/aromatic N) is 5. The van der Waals surface area contributed by atoms with Crippen LogP contribution in [-0.4, -0.2) is 247 Å². The van der Waals surface area contributed by atoms with E-state index >= 15 is 0 Å².